The van der Waals surface area contributed by atoms with E-state index in [-0.39, 0.29) is 17.9 Å². The second-order valence-electron chi connectivity index (χ2n) is 4.17. The second-order valence-corrected chi connectivity index (χ2v) is 4.17. The number of aliphatic carboxylic acids is 1. The maximum atomic E-state index is 11.5. The number of carbonyl (C=O) groups excluding carboxylic acids is 1. The molecule has 92 valence electrons. The van der Waals surface area contributed by atoms with E-state index in [1.807, 2.05) is 0 Å². The van der Waals surface area contributed by atoms with Crippen molar-refractivity contribution in [1.82, 2.24) is 5.32 Å². The van der Waals surface area contributed by atoms with Crippen LogP contribution in [-0.2, 0) is 14.3 Å². The van der Waals surface area contributed by atoms with Crippen molar-refractivity contribution in [2.24, 2.45) is 5.92 Å². The first-order valence-electron chi connectivity index (χ1n) is 5.73. The van der Waals surface area contributed by atoms with Crippen LogP contribution in [0.2, 0.25) is 0 Å². The number of carboxylic acid groups (broad SMARTS) is 1. The predicted octanol–water partition coefficient (Wildman–Crippen LogP) is 0.782. The third kappa shape index (κ3) is 4.18. The molecule has 5 heteroatoms. The monoisotopic (exact) mass is 229 g/mol. The van der Waals surface area contributed by atoms with Crippen molar-refractivity contribution in [3.05, 3.63) is 0 Å². The van der Waals surface area contributed by atoms with E-state index in [1.54, 1.807) is 6.92 Å². The third-order valence-electron chi connectivity index (χ3n) is 2.76. The minimum absolute atomic E-state index is 0.0690. The van der Waals surface area contributed by atoms with Crippen molar-refractivity contribution in [3.63, 3.8) is 0 Å². The summed E-state index contributed by atoms with van der Waals surface area (Å²) in [5.74, 6) is -1.20. The summed E-state index contributed by atoms with van der Waals surface area (Å²) in [6.07, 6.45) is 2.70. The quantitative estimate of drug-likeness (QED) is 0.660. The number of amides is 1. The summed E-state index contributed by atoms with van der Waals surface area (Å²) in [6, 6.07) is 0. The summed E-state index contributed by atoms with van der Waals surface area (Å²) < 4.78 is 5.22. The van der Waals surface area contributed by atoms with Gasteiger partial charge in [-0.3, -0.25) is 9.59 Å². The number of hydrogen-bond acceptors (Lipinski definition) is 3. The summed E-state index contributed by atoms with van der Waals surface area (Å²) in [7, 11) is 0. The predicted molar refractivity (Wildman–Crippen MR) is 58.0 cm³/mol. The molecule has 0 aliphatic carbocycles. The first kappa shape index (κ1) is 13.0. The van der Waals surface area contributed by atoms with E-state index >= 15 is 0 Å². The van der Waals surface area contributed by atoms with Crippen LogP contribution >= 0.6 is 0 Å². The highest BCUT2D eigenvalue weighted by molar-refractivity contribution is 5.80. The highest BCUT2D eigenvalue weighted by atomic mass is 16.5. The fraction of sp³-hybridized carbons (Fsp3) is 0.818. The Morgan fingerprint density at radius 1 is 1.56 bits per heavy atom. The molecule has 0 aromatic rings. The van der Waals surface area contributed by atoms with Gasteiger partial charge in [0.25, 0.3) is 0 Å². The van der Waals surface area contributed by atoms with E-state index in [0.717, 1.165) is 12.8 Å². The molecule has 0 spiro atoms. The van der Waals surface area contributed by atoms with Gasteiger partial charge >= 0.3 is 5.97 Å². The smallest absolute Gasteiger partial charge is 0.306 e. The van der Waals surface area contributed by atoms with Crippen LogP contribution in [0.3, 0.4) is 0 Å². The Bertz CT molecular complexity index is 248. The number of carboxylic acids is 1. The van der Waals surface area contributed by atoms with E-state index in [4.69, 9.17) is 9.84 Å². The van der Waals surface area contributed by atoms with Crippen molar-refractivity contribution in [2.45, 2.75) is 38.7 Å². The average Bonchev–Trinajstić information content (AvgIpc) is 2.76. The summed E-state index contributed by atoms with van der Waals surface area (Å²) in [6.45, 7) is 2.86. The SMILES string of the molecule is CC(CCCNC(=O)[C@@H]1CCCO1)C(=O)O. The van der Waals surface area contributed by atoms with Gasteiger partial charge in [-0.25, -0.2) is 0 Å². The van der Waals surface area contributed by atoms with Gasteiger partial charge in [-0.1, -0.05) is 6.92 Å². The Morgan fingerprint density at radius 3 is 2.88 bits per heavy atom. The standard InChI is InChI=1S/C11H19NO4/c1-8(11(14)15)4-2-6-12-10(13)9-5-3-7-16-9/h8-9H,2-7H2,1H3,(H,12,13)(H,14,15)/t8?,9-/m0/s1. The van der Waals surface area contributed by atoms with E-state index < -0.39 is 5.97 Å². The Balaban J connectivity index is 2.06. The molecule has 1 aliphatic heterocycles. The fourth-order valence-corrected chi connectivity index (χ4v) is 1.64. The molecule has 2 N–H and O–H groups in total. The van der Waals surface area contributed by atoms with Gasteiger partial charge in [-0.05, 0) is 25.7 Å². The van der Waals surface area contributed by atoms with E-state index in [1.165, 1.54) is 0 Å². The largest absolute Gasteiger partial charge is 0.481 e. The van der Waals surface area contributed by atoms with Gasteiger partial charge in [0.05, 0.1) is 5.92 Å². The number of rotatable bonds is 6. The van der Waals surface area contributed by atoms with Crippen LogP contribution in [0.4, 0.5) is 0 Å². The molecule has 0 saturated carbocycles. The second kappa shape index (κ2) is 6.48. The van der Waals surface area contributed by atoms with Crippen molar-refractivity contribution >= 4 is 11.9 Å². The lowest BCUT2D eigenvalue weighted by Gasteiger charge is -2.11. The molecule has 1 unspecified atom stereocenters. The minimum atomic E-state index is -0.787. The highest BCUT2D eigenvalue weighted by Crippen LogP contribution is 2.11. The summed E-state index contributed by atoms with van der Waals surface area (Å²) in [5, 5.41) is 11.4. The zero-order chi connectivity index (χ0) is 12.0. The molecule has 0 aromatic heterocycles. The van der Waals surface area contributed by atoms with Gasteiger partial charge in [0.2, 0.25) is 5.91 Å². The average molecular weight is 229 g/mol. The minimum Gasteiger partial charge on any atom is -0.481 e. The molecule has 1 aliphatic rings. The molecule has 1 fully saturated rings. The molecule has 1 heterocycles. The number of hydrogen-bond donors (Lipinski definition) is 2. The van der Waals surface area contributed by atoms with E-state index in [9.17, 15) is 9.59 Å². The van der Waals surface area contributed by atoms with Crippen LogP contribution in [-0.4, -0.2) is 36.2 Å². The molecular formula is C11H19NO4. The van der Waals surface area contributed by atoms with Crippen molar-refractivity contribution in [2.75, 3.05) is 13.2 Å². The molecule has 0 radical (unpaired) electrons. The summed E-state index contributed by atoms with van der Waals surface area (Å²) in [5.41, 5.74) is 0. The molecule has 1 amide bonds. The van der Waals surface area contributed by atoms with Gasteiger partial charge in [-0.15, -0.1) is 0 Å². The zero-order valence-electron chi connectivity index (χ0n) is 9.57. The molecule has 1 saturated heterocycles. The number of nitrogens with one attached hydrogen (secondary N) is 1. The van der Waals surface area contributed by atoms with Crippen molar-refractivity contribution in [3.8, 4) is 0 Å². The molecule has 16 heavy (non-hydrogen) atoms. The Kier molecular flexibility index (Phi) is 5.25. The molecule has 2 atom stereocenters. The van der Waals surface area contributed by atoms with Gasteiger partial charge in [0.1, 0.15) is 6.10 Å². The molecular weight excluding hydrogens is 210 g/mol. The Morgan fingerprint density at radius 2 is 2.31 bits per heavy atom. The normalized spacial score (nSPS) is 21.7. The van der Waals surface area contributed by atoms with Crippen molar-refractivity contribution < 1.29 is 19.4 Å². The van der Waals surface area contributed by atoms with Crippen molar-refractivity contribution in [1.29, 1.82) is 0 Å². The van der Waals surface area contributed by atoms with Gasteiger partial charge < -0.3 is 15.2 Å². The summed E-state index contributed by atoms with van der Waals surface area (Å²) >= 11 is 0. The van der Waals surface area contributed by atoms with Gasteiger partial charge in [0, 0.05) is 13.2 Å². The van der Waals surface area contributed by atoms with Crippen LogP contribution < -0.4 is 5.32 Å². The molecule has 0 aromatic carbocycles. The van der Waals surface area contributed by atoms with Gasteiger partial charge in [0.15, 0.2) is 0 Å². The first-order valence-corrected chi connectivity index (χ1v) is 5.73. The fourth-order valence-electron chi connectivity index (χ4n) is 1.64. The molecule has 1 rings (SSSR count). The number of carbonyl (C=O) groups is 2. The topological polar surface area (TPSA) is 75.6 Å². The van der Waals surface area contributed by atoms with E-state index in [0.29, 0.717) is 26.0 Å². The summed E-state index contributed by atoms with van der Waals surface area (Å²) in [4.78, 5) is 22.0. The molecule has 5 nitrogen and oxygen atoms in total. The lowest BCUT2D eigenvalue weighted by Crippen LogP contribution is -2.34. The van der Waals surface area contributed by atoms with Crippen LogP contribution in [0.25, 0.3) is 0 Å². The maximum absolute atomic E-state index is 11.5. The number of ether oxygens (including phenoxy) is 1. The van der Waals surface area contributed by atoms with Crippen LogP contribution in [0, 0.1) is 5.92 Å². The zero-order valence-corrected chi connectivity index (χ0v) is 9.57. The first-order chi connectivity index (χ1) is 7.61. The molecule has 0 bridgehead atoms. The van der Waals surface area contributed by atoms with Gasteiger partial charge in [-0.2, -0.15) is 0 Å². The third-order valence-corrected chi connectivity index (χ3v) is 2.76. The van der Waals surface area contributed by atoms with Crippen LogP contribution in [0.5, 0.6) is 0 Å². The maximum Gasteiger partial charge on any atom is 0.306 e. The lowest BCUT2D eigenvalue weighted by atomic mass is 10.1. The highest BCUT2D eigenvalue weighted by Gasteiger charge is 2.22. The Hall–Kier alpha value is -1.10. The van der Waals surface area contributed by atoms with Crippen LogP contribution in [0.15, 0.2) is 0 Å². The lowest BCUT2D eigenvalue weighted by molar-refractivity contribution is -0.141. The Labute approximate surface area is 95.2 Å². The van der Waals surface area contributed by atoms with E-state index in [2.05, 4.69) is 5.32 Å². The van der Waals surface area contributed by atoms with Crippen LogP contribution in [0.1, 0.15) is 32.6 Å².